The highest BCUT2D eigenvalue weighted by Crippen LogP contribution is 2.38. The van der Waals surface area contributed by atoms with Crippen LogP contribution in [0, 0.1) is 5.92 Å². The highest BCUT2D eigenvalue weighted by molar-refractivity contribution is 7.84. The molecule has 4 atom stereocenters. The zero-order valence-corrected chi connectivity index (χ0v) is 21.7. The maximum atomic E-state index is 13.3. The van der Waals surface area contributed by atoms with E-state index < -0.39 is 34.2 Å². The van der Waals surface area contributed by atoms with E-state index in [1.165, 1.54) is 18.6 Å². The van der Waals surface area contributed by atoms with Crippen molar-refractivity contribution in [3.63, 3.8) is 0 Å². The first-order valence-corrected chi connectivity index (χ1v) is 13.8. The van der Waals surface area contributed by atoms with Crippen molar-refractivity contribution in [2.45, 2.75) is 31.1 Å². The Balaban J connectivity index is 1.52. The summed E-state index contributed by atoms with van der Waals surface area (Å²) < 4.78 is 27.0. The van der Waals surface area contributed by atoms with Gasteiger partial charge in [0.15, 0.2) is 0 Å². The number of hydrogen-bond donors (Lipinski definition) is 4. The van der Waals surface area contributed by atoms with Crippen LogP contribution in [-0.4, -0.2) is 53.1 Å². The van der Waals surface area contributed by atoms with E-state index in [9.17, 15) is 23.4 Å². The van der Waals surface area contributed by atoms with Gasteiger partial charge in [-0.3, -0.25) is 8.98 Å². The van der Waals surface area contributed by atoms with Crippen molar-refractivity contribution in [2.24, 2.45) is 11.1 Å². The third-order valence-corrected chi connectivity index (χ3v) is 8.03. The SMILES string of the molecule is NS(=O)(=O)OC[C@H]1C[C@@H](Nc2ncncc2C(=O)c2cc(C(O)c3ccccc3Cl)c(Cl)s2)C[C@@H]1O. The van der Waals surface area contributed by atoms with Crippen molar-refractivity contribution in [2.75, 3.05) is 11.9 Å². The van der Waals surface area contributed by atoms with Crippen LogP contribution in [0.25, 0.3) is 0 Å². The van der Waals surface area contributed by atoms with E-state index in [0.717, 1.165) is 11.3 Å². The first-order chi connectivity index (χ1) is 17.0. The van der Waals surface area contributed by atoms with Crippen LogP contribution in [0.5, 0.6) is 0 Å². The Morgan fingerprint density at radius 1 is 1.28 bits per heavy atom. The third-order valence-electron chi connectivity index (χ3n) is 5.83. The quantitative estimate of drug-likeness (QED) is 0.282. The molecule has 5 N–H and O–H groups in total. The average Bonchev–Trinajstić information content (AvgIpc) is 3.39. The Morgan fingerprint density at radius 3 is 2.75 bits per heavy atom. The molecule has 1 aliphatic rings. The van der Waals surface area contributed by atoms with Gasteiger partial charge in [-0.05, 0) is 25.0 Å². The zero-order chi connectivity index (χ0) is 26.0. The van der Waals surface area contributed by atoms with Crippen LogP contribution in [0.4, 0.5) is 5.82 Å². The normalized spacial score (nSPS) is 20.9. The Kier molecular flexibility index (Phi) is 8.27. The van der Waals surface area contributed by atoms with Crippen molar-refractivity contribution < 1.29 is 27.6 Å². The van der Waals surface area contributed by atoms with E-state index in [1.54, 1.807) is 24.3 Å². The van der Waals surface area contributed by atoms with E-state index in [4.69, 9.17) is 28.3 Å². The van der Waals surface area contributed by atoms with Crippen LogP contribution in [0.3, 0.4) is 0 Å². The van der Waals surface area contributed by atoms with Gasteiger partial charge >= 0.3 is 10.3 Å². The zero-order valence-electron chi connectivity index (χ0n) is 18.5. The minimum absolute atomic E-state index is 0.174. The number of aromatic nitrogens is 2. The molecular formula is C22H22Cl2N4O6S2. The molecule has 0 radical (unpaired) electrons. The lowest BCUT2D eigenvalue weighted by atomic mass is 10.0. The van der Waals surface area contributed by atoms with E-state index in [1.807, 2.05) is 0 Å². The summed E-state index contributed by atoms with van der Waals surface area (Å²) >= 11 is 13.6. The van der Waals surface area contributed by atoms with Crippen molar-refractivity contribution >= 4 is 56.4 Å². The first kappa shape index (κ1) is 26.9. The van der Waals surface area contributed by atoms with E-state index in [0.29, 0.717) is 22.6 Å². The summed E-state index contributed by atoms with van der Waals surface area (Å²) in [6, 6.07) is 8.01. The number of benzene rings is 1. The molecule has 0 bridgehead atoms. The molecule has 0 aliphatic heterocycles. The van der Waals surface area contributed by atoms with Crippen LogP contribution in [-0.2, 0) is 14.5 Å². The number of nitrogens with two attached hydrogens (primary N) is 1. The third kappa shape index (κ3) is 6.21. The lowest BCUT2D eigenvalue weighted by molar-refractivity contribution is 0.101. The molecule has 1 fully saturated rings. The second-order valence-corrected chi connectivity index (χ2v) is 11.6. The van der Waals surface area contributed by atoms with Crippen molar-refractivity contribution in [3.05, 3.63) is 73.8 Å². The molecule has 14 heteroatoms. The van der Waals surface area contributed by atoms with Crippen LogP contribution in [0.1, 0.15) is 45.3 Å². The number of carbonyl (C=O) groups is 1. The topological polar surface area (TPSA) is 165 Å². The molecular weight excluding hydrogens is 551 g/mol. The van der Waals surface area contributed by atoms with Gasteiger partial charge in [0.25, 0.3) is 0 Å². The molecule has 0 amide bonds. The number of thiophene rings is 1. The monoisotopic (exact) mass is 572 g/mol. The van der Waals surface area contributed by atoms with Crippen LogP contribution in [0.2, 0.25) is 9.36 Å². The molecule has 4 rings (SSSR count). The van der Waals surface area contributed by atoms with Gasteiger partial charge in [0, 0.05) is 34.3 Å². The van der Waals surface area contributed by atoms with Crippen LogP contribution in [0.15, 0.2) is 42.9 Å². The van der Waals surface area contributed by atoms with Gasteiger partial charge in [-0.25, -0.2) is 15.1 Å². The highest BCUT2D eigenvalue weighted by atomic mass is 35.5. The number of anilines is 1. The van der Waals surface area contributed by atoms with Crippen molar-refractivity contribution in [1.82, 2.24) is 9.97 Å². The number of carbonyl (C=O) groups excluding carboxylic acids is 1. The minimum atomic E-state index is -4.12. The summed E-state index contributed by atoms with van der Waals surface area (Å²) in [5.41, 5.74) is 0.984. The Morgan fingerprint density at radius 2 is 2.03 bits per heavy atom. The number of aliphatic hydroxyl groups excluding tert-OH is 2. The molecule has 1 saturated carbocycles. The molecule has 36 heavy (non-hydrogen) atoms. The van der Waals surface area contributed by atoms with Crippen LogP contribution >= 0.6 is 34.5 Å². The summed E-state index contributed by atoms with van der Waals surface area (Å²) in [4.78, 5) is 21.8. The summed E-state index contributed by atoms with van der Waals surface area (Å²) in [5.74, 6) is -0.625. The molecule has 1 aromatic carbocycles. The fourth-order valence-electron chi connectivity index (χ4n) is 4.06. The minimum Gasteiger partial charge on any atom is -0.393 e. The highest BCUT2D eigenvalue weighted by Gasteiger charge is 2.35. The van der Waals surface area contributed by atoms with Gasteiger partial charge in [0.2, 0.25) is 5.78 Å². The van der Waals surface area contributed by atoms with Gasteiger partial charge in [-0.15, -0.1) is 11.3 Å². The number of ketones is 1. The standard InChI is InChI=1S/C22H22Cl2N4O6S2/c23-16-4-2-1-3-13(16)19(30)14-7-18(35-21(14)24)20(31)15-8-26-10-27-22(15)28-12-5-11(17(29)6-12)9-34-36(25,32)33/h1-4,7-8,10-12,17,19,29-30H,5-6,9H2,(H2,25,32,33)(H,26,27,28)/t11-,12-,17+,19?/m1/s1. The van der Waals surface area contributed by atoms with Crippen LogP contribution < -0.4 is 10.5 Å². The lowest BCUT2D eigenvalue weighted by Crippen LogP contribution is -2.24. The number of hydrogen-bond acceptors (Lipinski definition) is 10. The summed E-state index contributed by atoms with van der Waals surface area (Å²) in [7, 11) is -4.12. The average molecular weight is 573 g/mol. The molecule has 2 aromatic heterocycles. The summed E-state index contributed by atoms with van der Waals surface area (Å²) in [6.07, 6.45) is 1.35. The Labute approximate surface area is 221 Å². The predicted molar refractivity (Wildman–Crippen MR) is 136 cm³/mol. The number of halogens is 2. The van der Waals surface area contributed by atoms with Gasteiger partial charge in [0.05, 0.1) is 27.5 Å². The van der Waals surface area contributed by atoms with Crippen molar-refractivity contribution in [1.29, 1.82) is 0 Å². The van der Waals surface area contributed by atoms with Gasteiger partial charge in [-0.2, -0.15) is 8.42 Å². The fraction of sp³-hybridized carbons (Fsp3) is 0.318. The van der Waals surface area contributed by atoms with E-state index in [-0.39, 0.29) is 39.7 Å². The molecule has 10 nitrogen and oxygen atoms in total. The summed E-state index contributed by atoms with van der Waals surface area (Å²) in [5, 5.41) is 29.5. The number of aliphatic hydroxyl groups is 2. The second kappa shape index (κ2) is 11.1. The molecule has 1 aliphatic carbocycles. The van der Waals surface area contributed by atoms with Gasteiger partial charge < -0.3 is 15.5 Å². The molecule has 1 unspecified atom stereocenters. The molecule has 0 saturated heterocycles. The number of nitrogens with zero attached hydrogens (tertiary/aromatic N) is 2. The van der Waals surface area contributed by atoms with E-state index in [2.05, 4.69) is 19.5 Å². The largest absolute Gasteiger partial charge is 0.393 e. The number of nitrogens with one attached hydrogen (secondary N) is 1. The smallest absolute Gasteiger partial charge is 0.333 e. The predicted octanol–water partition coefficient (Wildman–Crippen LogP) is 2.93. The molecule has 3 aromatic rings. The maximum absolute atomic E-state index is 13.3. The fourth-order valence-corrected chi connectivity index (χ4v) is 5.95. The number of rotatable bonds is 9. The lowest BCUT2D eigenvalue weighted by Gasteiger charge is -2.15. The Bertz CT molecular complexity index is 1370. The first-order valence-electron chi connectivity index (χ1n) is 10.7. The van der Waals surface area contributed by atoms with Crippen molar-refractivity contribution in [3.8, 4) is 0 Å². The molecule has 2 heterocycles. The molecule has 0 spiro atoms. The molecule has 192 valence electrons. The van der Waals surface area contributed by atoms with Gasteiger partial charge in [0.1, 0.15) is 18.2 Å². The van der Waals surface area contributed by atoms with E-state index >= 15 is 0 Å². The maximum Gasteiger partial charge on any atom is 0.333 e. The summed E-state index contributed by atoms with van der Waals surface area (Å²) in [6.45, 7) is -0.252. The Hall–Kier alpha value is -2.16. The van der Waals surface area contributed by atoms with Gasteiger partial charge in [-0.1, -0.05) is 41.4 Å². The second-order valence-electron chi connectivity index (χ2n) is 8.30.